The van der Waals surface area contributed by atoms with Crippen molar-refractivity contribution in [3.63, 3.8) is 0 Å². The van der Waals surface area contributed by atoms with Crippen LogP contribution in [-0.2, 0) is 13.5 Å². The highest BCUT2D eigenvalue weighted by molar-refractivity contribution is 6.31. The van der Waals surface area contributed by atoms with Gasteiger partial charge in [-0.05, 0) is 31.2 Å². The molecule has 0 radical (unpaired) electrons. The Morgan fingerprint density at radius 1 is 1.40 bits per heavy atom. The maximum Gasteiger partial charge on any atom is 0.129 e. The van der Waals surface area contributed by atoms with E-state index in [4.69, 9.17) is 11.6 Å². The molecule has 0 amide bonds. The number of nitrogens with one attached hydrogen (secondary N) is 1. The minimum absolute atomic E-state index is 0.168. The molecule has 1 aromatic carbocycles. The number of halogens is 2. The van der Waals surface area contributed by atoms with Crippen LogP contribution in [0.25, 0.3) is 0 Å². The van der Waals surface area contributed by atoms with Crippen molar-refractivity contribution in [3.05, 3.63) is 52.6 Å². The van der Waals surface area contributed by atoms with Crippen LogP contribution in [-0.4, -0.2) is 16.3 Å². The van der Waals surface area contributed by atoms with E-state index >= 15 is 0 Å². The summed E-state index contributed by atoms with van der Waals surface area (Å²) in [6, 6.07) is 6.56. The summed E-state index contributed by atoms with van der Waals surface area (Å²) in [6.07, 6.45) is 3.47. The Morgan fingerprint density at radius 3 is 2.80 bits per heavy atom. The number of hydrogen-bond acceptors (Lipinski definition) is 2. The van der Waals surface area contributed by atoms with E-state index in [2.05, 4.69) is 17.3 Å². The zero-order chi connectivity index (χ0) is 14.5. The lowest BCUT2D eigenvalue weighted by Gasteiger charge is -2.20. The lowest BCUT2D eigenvalue weighted by molar-refractivity contribution is 0.491. The van der Waals surface area contributed by atoms with E-state index in [-0.39, 0.29) is 11.9 Å². The minimum Gasteiger partial charge on any atom is -0.309 e. The summed E-state index contributed by atoms with van der Waals surface area (Å²) in [5.74, 6) is -0.276. The van der Waals surface area contributed by atoms with E-state index in [1.54, 1.807) is 16.8 Å². The topological polar surface area (TPSA) is 29.9 Å². The second kappa shape index (κ2) is 6.86. The fourth-order valence-corrected chi connectivity index (χ4v) is 2.51. The molecule has 1 heterocycles. The van der Waals surface area contributed by atoms with Gasteiger partial charge in [-0.25, -0.2) is 4.39 Å². The largest absolute Gasteiger partial charge is 0.309 e. The Kier molecular flexibility index (Phi) is 5.15. The highest BCUT2D eigenvalue weighted by Crippen LogP contribution is 2.28. The van der Waals surface area contributed by atoms with E-state index in [1.165, 1.54) is 6.07 Å². The third-order valence-corrected chi connectivity index (χ3v) is 3.50. The molecule has 0 saturated heterocycles. The summed E-state index contributed by atoms with van der Waals surface area (Å²) in [4.78, 5) is 0. The average Bonchev–Trinajstić information content (AvgIpc) is 2.81. The summed E-state index contributed by atoms with van der Waals surface area (Å²) in [7, 11) is 1.87. The van der Waals surface area contributed by atoms with Gasteiger partial charge in [-0.1, -0.05) is 24.6 Å². The predicted octanol–water partition coefficient (Wildman–Crippen LogP) is 3.50. The molecule has 0 spiro atoms. The van der Waals surface area contributed by atoms with Crippen molar-refractivity contribution in [2.45, 2.75) is 25.8 Å². The summed E-state index contributed by atoms with van der Waals surface area (Å²) < 4.78 is 15.8. The van der Waals surface area contributed by atoms with Crippen molar-refractivity contribution < 1.29 is 4.39 Å². The highest BCUT2D eigenvalue weighted by Gasteiger charge is 2.19. The van der Waals surface area contributed by atoms with Gasteiger partial charge in [0.2, 0.25) is 0 Å². The van der Waals surface area contributed by atoms with Crippen LogP contribution in [0.15, 0.2) is 30.5 Å². The van der Waals surface area contributed by atoms with Gasteiger partial charge in [0.1, 0.15) is 5.82 Å². The monoisotopic (exact) mass is 295 g/mol. The SMILES string of the molecule is CCCNC(Cc1ccn(C)n1)c1c(F)cccc1Cl. The van der Waals surface area contributed by atoms with Crippen LogP contribution >= 0.6 is 11.6 Å². The molecule has 108 valence electrons. The lowest BCUT2D eigenvalue weighted by Crippen LogP contribution is -2.25. The highest BCUT2D eigenvalue weighted by atomic mass is 35.5. The molecule has 2 rings (SSSR count). The molecular weight excluding hydrogens is 277 g/mol. The Bertz CT molecular complexity index is 548. The maximum atomic E-state index is 14.1. The first-order valence-corrected chi connectivity index (χ1v) is 7.15. The molecule has 3 nitrogen and oxygen atoms in total. The second-order valence-corrected chi connectivity index (χ2v) is 5.23. The van der Waals surface area contributed by atoms with Crippen molar-refractivity contribution in [3.8, 4) is 0 Å². The van der Waals surface area contributed by atoms with Gasteiger partial charge in [-0.15, -0.1) is 0 Å². The molecule has 5 heteroatoms. The number of aryl methyl sites for hydroxylation is 1. The third-order valence-electron chi connectivity index (χ3n) is 3.17. The normalized spacial score (nSPS) is 12.6. The van der Waals surface area contributed by atoms with Crippen molar-refractivity contribution in [2.75, 3.05) is 6.54 Å². The molecule has 0 fully saturated rings. The molecular formula is C15H19ClFN3. The number of aromatic nitrogens is 2. The van der Waals surface area contributed by atoms with Gasteiger partial charge in [0.05, 0.1) is 5.69 Å². The van der Waals surface area contributed by atoms with Crippen LogP contribution in [0.3, 0.4) is 0 Å². The number of nitrogens with zero attached hydrogens (tertiary/aromatic N) is 2. The van der Waals surface area contributed by atoms with Gasteiger partial charge in [0.15, 0.2) is 0 Å². The fraction of sp³-hybridized carbons (Fsp3) is 0.400. The summed E-state index contributed by atoms with van der Waals surface area (Å²) in [5, 5.41) is 8.16. The van der Waals surface area contributed by atoms with Crippen LogP contribution < -0.4 is 5.32 Å². The van der Waals surface area contributed by atoms with Gasteiger partial charge in [0, 0.05) is 36.3 Å². The average molecular weight is 296 g/mol. The molecule has 2 aromatic rings. The van der Waals surface area contributed by atoms with Gasteiger partial charge in [-0.2, -0.15) is 5.10 Å². The van der Waals surface area contributed by atoms with Crippen LogP contribution in [0.2, 0.25) is 5.02 Å². The van der Waals surface area contributed by atoms with Crippen molar-refractivity contribution in [2.24, 2.45) is 7.05 Å². The van der Waals surface area contributed by atoms with Crippen LogP contribution in [0.1, 0.15) is 30.6 Å². The van der Waals surface area contributed by atoms with E-state index < -0.39 is 0 Å². The Labute approximate surface area is 123 Å². The Morgan fingerprint density at radius 2 is 2.20 bits per heavy atom. The molecule has 0 aliphatic rings. The first-order valence-electron chi connectivity index (χ1n) is 6.77. The van der Waals surface area contributed by atoms with Gasteiger partial charge in [0.25, 0.3) is 0 Å². The first-order chi connectivity index (χ1) is 9.61. The zero-order valence-electron chi connectivity index (χ0n) is 11.7. The summed E-state index contributed by atoms with van der Waals surface area (Å²) >= 11 is 6.17. The van der Waals surface area contributed by atoms with Gasteiger partial charge >= 0.3 is 0 Å². The van der Waals surface area contributed by atoms with E-state index in [0.717, 1.165) is 18.7 Å². The van der Waals surface area contributed by atoms with Crippen LogP contribution in [0, 0.1) is 5.82 Å². The molecule has 20 heavy (non-hydrogen) atoms. The van der Waals surface area contributed by atoms with Crippen LogP contribution in [0.5, 0.6) is 0 Å². The van der Waals surface area contributed by atoms with Crippen LogP contribution in [0.4, 0.5) is 4.39 Å². The van der Waals surface area contributed by atoms with E-state index in [1.807, 2.05) is 19.3 Å². The van der Waals surface area contributed by atoms with Crippen molar-refractivity contribution in [1.82, 2.24) is 15.1 Å². The van der Waals surface area contributed by atoms with E-state index in [9.17, 15) is 4.39 Å². The Balaban J connectivity index is 2.27. The zero-order valence-corrected chi connectivity index (χ0v) is 12.5. The molecule has 0 bridgehead atoms. The molecule has 0 aliphatic heterocycles. The smallest absolute Gasteiger partial charge is 0.129 e. The molecule has 1 unspecified atom stereocenters. The minimum atomic E-state index is -0.276. The lowest BCUT2D eigenvalue weighted by atomic mass is 10.0. The van der Waals surface area contributed by atoms with Crippen molar-refractivity contribution >= 4 is 11.6 Å². The quantitative estimate of drug-likeness (QED) is 0.884. The summed E-state index contributed by atoms with van der Waals surface area (Å²) in [6.45, 7) is 2.88. The standard InChI is InChI=1S/C15H19ClFN3/c1-3-8-18-14(10-11-7-9-20(2)19-11)15-12(16)5-4-6-13(15)17/h4-7,9,14,18H,3,8,10H2,1-2H3. The molecule has 0 aliphatic carbocycles. The van der Waals surface area contributed by atoms with E-state index in [0.29, 0.717) is 17.0 Å². The Hall–Kier alpha value is -1.39. The number of hydrogen-bond donors (Lipinski definition) is 1. The first kappa shape index (κ1) is 15.0. The molecule has 1 N–H and O–H groups in total. The fourth-order valence-electron chi connectivity index (χ4n) is 2.22. The predicted molar refractivity (Wildman–Crippen MR) is 79.4 cm³/mol. The van der Waals surface area contributed by atoms with Gasteiger partial charge in [-0.3, -0.25) is 4.68 Å². The molecule has 0 saturated carbocycles. The van der Waals surface area contributed by atoms with Crippen molar-refractivity contribution in [1.29, 1.82) is 0 Å². The molecule has 1 aromatic heterocycles. The molecule has 1 atom stereocenters. The third kappa shape index (κ3) is 3.58. The summed E-state index contributed by atoms with van der Waals surface area (Å²) in [5.41, 5.74) is 1.44. The number of benzene rings is 1. The second-order valence-electron chi connectivity index (χ2n) is 4.83. The maximum absolute atomic E-state index is 14.1. The van der Waals surface area contributed by atoms with Gasteiger partial charge < -0.3 is 5.32 Å². The number of rotatable bonds is 6.